The Morgan fingerprint density at radius 3 is 2.76 bits per heavy atom. The first-order chi connectivity index (χ1) is 9.86. The zero-order valence-corrected chi connectivity index (χ0v) is 13.0. The van der Waals surface area contributed by atoms with Gasteiger partial charge in [0.1, 0.15) is 5.75 Å². The monoisotopic (exact) mass is 301 g/mol. The molecule has 1 aliphatic carbocycles. The predicted molar refractivity (Wildman–Crippen MR) is 87.5 cm³/mol. The summed E-state index contributed by atoms with van der Waals surface area (Å²) in [6.45, 7) is 0.997. The van der Waals surface area contributed by atoms with Crippen molar-refractivity contribution in [2.75, 3.05) is 7.11 Å². The fraction of sp³-hybridized carbons (Fsp3) is 0.333. The number of methoxy groups -OCH3 is 1. The van der Waals surface area contributed by atoms with Crippen LogP contribution in [0.1, 0.15) is 34.6 Å². The molecule has 2 unspecified atom stereocenters. The quantitative estimate of drug-likeness (QED) is 0.868. The average Bonchev–Trinajstić information content (AvgIpc) is 2.53. The Morgan fingerprint density at radius 2 is 1.90 bits per heavy atom. The standard InChI is InChI=1S/C18H19NO.ClH/c1-20-14-8-6-12-7-9-17-18(16(12)10-14)15-5-3-2-4-13(15)11-19-17;/h2-6,8,10,17-19H,7,9,11H2,1H3;1H. The van der Waals surface area contributed by atoms with Crippen molar-refractivity contribution in [1.82, 2.24) is 5.32 Å². The minimum atomic E-state index is 0. The van der Waals surface area contributed by atoms with E-state index in [-0.39, 0.29) is 12.4 Å². The highest BCUT2D eigenvalue weighted by Crippen LogP contribution is 2.41. The molecule has 1 aliphatic heterocycles. The van der Waals surface area contributed by atoms with Crippen molar-refractivity contribution < 1.29 is 4.74 Å². The van der Waals surface area contributed by atoms with E-state index in [4.69, 9.17) is 4.74 Å². The molecule has 0 fully saturated rings. The summed E-state index contributed by atoms with van der Waals surface area (Å²) in [5, 5.41) is 3.71. The minimum absolute atomic E-state index is 0. The molecule has 4 rings (SSSR count). The van der Waals surface area contributed by atoms with Crippen LogP contribution >= 0.6 is 12.4 Å². The van der Waals surface area contributed by atoms with Crippen LogP contribution in [-0.4, -0.2) is 13.2 Å². The number of aryl methyl sites for hydroxylation is 1. The summed E-state index contributed by atoms with van der Waals surface area (Å²) < 4.78 is 5.43. The Hall–Kier alpha value is -1.51. The highest BCUT2D eigenvalue weighted by Gasteiger charge is 2.34. The van der Waals surface area contributed by atoms with Crippen LogP contribution in [0.4, 0.5) is 0 Å². The van der Waals surface area contributed by atoms with Gasteiger partial charge in [0.25, 0.3) is 0 Å². The summed E-state index contributed by atoms with van der Waals surface area (Å²) in [6, 6.07) is 15.9. The van der Waals surface area contributed by atoms with Crippen molar-refractivity contribution >= 4 is 12.4 Å². The molecule has 2 nitrogen and oxygen atoms in total. The second-order valence-corrected chi connectivity index (χ2v) is 5.77. The number of hydrogen-bond donors (Lipinski definition) is 1. The zero-order chi connectivity index (χ0) is 13.5. The summed E-state index contributed by atoms with van der Waals surface area (Å²) in [5.74, 6) is 1.44. The van der Waals surface area contributed by atoms with Crippen molar-refractivity contribution in [2.24, 2.45) is 0 Å². The third-order valence-electron chi connectivity index (χ3n) is 4.76. The first kappa shape index (κ1) is 14.4. The van der Waals surface area contributed by atoms with Crippen molar-refractivity contribution in [3.8, 4) is 5.75 Å². The number of ether oxygens (including phenoxy) is 1. The number of benzene rings is 2. The summed E-state index contributed by atoms with van der Waals surface area (Å²) in [4.78, 5) is 0. The highest BCUT2D eigenvalue weighted by molar-refractivity contribution is 5.85. The molecule has 110 valence electrons. The lowest BCUT2D eigenvalue weighted by Crippen LogP contribution is -2.42. The molecule has 0 bridgehead atoms. The lowest BCUT2D eigenvalue weighted by molar-refractivity contribution is 0.387. The molecule has 0 aromatic heterocycles. The second kappa shape index (κ2) is 5.70. The van der Waals surface area contributed by atoms with Gasteiger partial charge in [-0.15, -0.1) is 12.4 Å². The molecule has 0 amide bonds. The van der Waals surface area contributed by atoms with E-state index in [1.807, 2.05) is 0 Å². The predicted octanol–water partition coefficient (Wildman–Crippen LogP) is 3.67. The van der Waals surface area contributed by atoms with Crippen molar-refractivity contribution in [3.05, 3.63) is 64.7 Å². The van der Waals surface area contributed by atoms with Gasteiger partial charge in [0.2, 0.25) is 0 Å². The maximum atomic E-state index is 5.43. The van der Waals surface area contributed by atoms with Crippen LogP contribution in [0.15, 0.2) is 42.5 Å². The molecule has 0 spiro atoms. The smallest absolute Gasteiger partial charge is 0.119 e. The molecule has 2 aromatic carbocycles. The van der Waals surface area contributed by atoms with Crippen LogP contribution in [0.5, 0.6) is 5.75 Å². The van der Waals surface area contributed by atoms with E-state index in [1.54, 1.807) is 7.11 Å². The molecular weight excluding hydrogens is 282 g/mol. The fourth-order valence-corrected chi connectivity index (χ4v) is 3.76. The van der Waals surface area contributed by atoms with Crippen LogP contribution < -0.4 is 10.1 Å². The number of hydrogen-bond acceptors (Lipinski definition) is 2. The Balaban J connectivity index is 0.00000132. The van der Waals surface area contributed by atoms with Crippen LogP contribution in [0.2, 0.25) is 0 Å². The van der Waals surface area contributed by atoms with Gasteiger partial charge in [0.15, 0.2) is 0 Å². The van der Waals surface area contributed by atoms with Gasteiger partial charge in [-0.2, -0.15) is 0 Å². The molecule has 2 aromatic rings. The van der Waals surface area contributed by atoms with Gasteiger partial charge in [0.05, 0.1) is 7.11 Å². The van der Waals surface area contributed by atoms with E-state index in [0.717, 1.165) is 18.7 Å². The Bertz CT molecular complexity index is 655. The van der Waals surface area contributed by atoms with Crippen LogP contribution in [0.25, 0.3) is 0 Å². The first-order valence-electron chi connectivity index (χ1n) is 7.35. The average molecular weight is 302 g/mol. The SMILES string of the molecule is COc1ccc2c(c1)C1c3ccccc3CNC1CC2.Cl. The van der Waals surface area contributed by atoms with Gasteiger partial charge in [-0.25, -0.2) is 0 Å². The van der Waals surface area contributed by atoms with E-state index in [2.05, 4.69) is 47.8 Å². The maximum absolute atomic E-state index is 5.43. The summed E-state index contributed by atoms with van der Waals surface area (Å²) in [5.41, 5.74) is 5.85. The Labute approximate surface area is 131 Å². The molecule has 2 atom stereocenters. The number of halogens is 1. The van der Waals surface area contributed by atoms with E-state index in [0.29, 0.717) is 12.0 Å². The number of rotatable bonds is 1. The third-order valence-corrected chi connectivity index (χ3v) is 4.76. The summed E-state index contributed by atoms with van der Waals surface area (Å²) in [7, 11) is 1.75. The fourth-order valence-electron chi connectivity index (χ4n) is 3.76. The molecular formula is C18H20ClNO. The normalized spacial score (nSPS) is 22.3. The zero-order valence-electron chi connectivity index (χ0n) is 12.1. The van der Waals surface area contributed by atoms with Crippen molar-refractivity contribution in [3.63, 3.8) is 0 Å². The molecule has 0 saturated carbocycles. The Kier molecular flexibility index (Phi) is 3.92. The van der Waals surface area contributed by atoms with E-state index in [9.17, 15) is 0 Å². The van der Waals surface area contributed by atoms with Gasteiger partial charge < -0.3 is 10.1 Å². The van der Waals surface area contributed by atoms with Crippen LogP contribution in [-0.2, 0) is 13.0 Å². The van der Waals surface area contributed by atoms with E-state index in [1.165, 1.54) is 28.7 Å². The van der Waals surface area contributed by atoms with Crippen LogP contribution in [0.3, 0.4) is 0 Å². The summed E-state index contributed by atoms with van der Waals surface area (Å²) >= 11 is 0. The van der Waals surface area contributed by atoms with E-state index >= 15 is 0 Å². The molecule has 1 N–H and O–H groups in total. The molecule has 1 heterocycles. The third kappa shape index (κ3) is 2.33. The topological polar surface area (TPSA) is 21.3 Å². The number of fused-ring (bicyclic) bond motifs is 5. The Morgan fingerprint density at radius 1 is 1.05 bits per heavy atom. The van der Waals surface area contributed by atoms with Crippen molar-refractivity contribution in [2.45, 2.75) is 31.3 Å². The number of nitrogens with one attached hydrogen (secondary N) is 1. The van der Waals surface area contributed by atoms with Crippen molar-refractivity contribution in [1.29, 1.82) is 0 Å². The second-order valence-electron chi connectivity index (χ2n) is 5.77. The lowest BCUT2D eigenvalue weighted by Gasteiger charge is -2.39. The first-order valence-corrected chi connectivity index (χ1v) is 7.35. The molecule has 21 heavy (non-hydrogen) atoms. The largest absolute Gasteiger partial charge is 0.497 e. The maximum Gasteiger partial charge on any atom is 0.119 e. The molecule has 2 aliphatic rings. The molecule has 3 heteroatoms. The molecule has 0 radical (unpaired) electrons. The highest BCUT2D eigenvalue weighted by atomic mass is 35.5. The van der Waals surface area contributed by atoms with Gasteiger partial charge in [0, 0.05) is 18.5 Å². The van der Waals surface area contributed by atoms with Gasteiger partial charge >= 0.3 is 0 Å². The lowest BCUT2D eigenvalue weighted by atomic mass is 9.72. The van der Waals surface area contributed by atoms with E-state index < -0.39 is 0 Å². The van der Waals surface area contributed by atoms with Crippen LogP contribution in [0, 0.1) is 0 Å². The van der Waals surface area contributed by atoms with Gasteiger partial charge in [-0.1, -0.05) is 30.3 Å². The van der Waals surface area contributed by atoms with Gasteiger partial charge in [-0.3, -0.25) is 0 Å². The summed E-state index contributed by atoms with van der Waals surface area (Å²) in [6.07, 6.45) is 2.38. The van der Waals surface area contributed by atoms with Gasteiger partial charge in [-0.05, 0) is 47.2 Å². The minimum Gasteiger partial charge on any atom is -0.497 e. The molecule has 0 saturated heterocycles.